The van der Waals surface area contributed by atoms with E-state index in [9.17, 15) is 0 Å². The lowest BCUT2D eigenvalue weighted by Gasteiger charge is -1.90. The largest absolute Gasteiger partial charge is 0.323 e. The SMILES string of the molecule is C\C=C(/C=C\C=N/N)CC. The molecule has 2 nitrogen and oxygen atoms in total. The Morgan fingerprint density at radius 2 is 2.30 bits per heavy atom. The fraction of sp³-hybridized carbons (Fsp3) is 0.375. The summed E-state index contributed by atoms with van der Waals surface area (Å²) < 4.78 is 0. The van der Waals surface area contributed by atoms with Gasteiger partial charge >= 0.3 is 0 Å². The molecular formula is C8H14N2. The lowest BCUT2D eigenvalue weighted by atomic mass is 10.2. The Hall–Kier alpha value is -1.05. The maximum absolute atomic E-state index is 4.90. The van der Waals surface area contributed by atoms with Crippen molar-refractivity contribution in [2.75, 3.05) is 0 Å². The number of hydrogen-bond donors (Lipinski definition) is 1. The first-order valence-corrected chi connectivity index (χ1v) is 3.40. The molecule has 10 heavy (non-hydrogen) atoms. The van der Waals surface area contributed by atoms with Crippen LogP contribution in [-0.4, -0.2) is 6.21 Å². The zero-order chi connectivity index (χ0) is 7.82. The van der Waals surface area contributed by atoms with Gasteiger partial charge in [-0.15, -0.1) is 0 Å². The molecule has 0 heterocycles. The van der Waals surface area contributed by atoms with Gasteiger partial charge in [-0.1, -0.05) is 24.6 Å². The monoisotopic (exact) mass is 138 g/mol. The Bertz CT molecular complexity index is 155. The number of hydrazone groups is 1. The number of rotatable bonds is 3. The van der Waals surface area contributed by atoms with Gasteiger partial charge < -0.3 is 5.84 Å². The first kappa shape index (κ1) is 8.95. The topological polar surface area (TPSA) is 38.4 Å². The second-order valence-corrected chi connectivity index (χ2v) is 1.87. The summed E-state index contributed by atoms with van der Waals surface area (Å²) in [5.74, 6) is 4.90. The van der Waals surface area contributed by atoms with Crippen molar-refractivity contribution in [1.82, 2.24) is 0 Å². The number of nitrogens with zero attached hydrogens (tertiary/aromatic N) is 1. The average molecular weight is 138 g/mol. The molecule has 0 bridgehead atoms. The smallest absolute Gasteiger partial charge is 0.0465 e. The van der Waals surface area contributed by atoms with Crippen LogP contribution in [-0.2, 0) is 0 Å². The summed E-state index contributed by atoms with van der Waals surface area (Å²) in [6.45, 7) is 4.13. The van der Waals surface area contributed by atoms with Crippen LogP contribution in [0.25, 0.3) is 0 Å². The Morgan fingerprint density at radius 1 is 1.60 bits per heavy atom. The highest BCUT2D eigenvalue weighted by Gasteiger charge is 1.80. The third-order valence-corrected chi connectivity index (χ3v) is 1.26. The molecule has 0 aliphatic heterocycles. The standard InChI is InChI=1S/C8H14N2/c1-3-8(4-2)6-5-7-10-9/h3,5-7H,4,9H2,1-2H3/b6-5-,8-3-,10-7-. The Balaban J connectivity index is 3.85. The van der Waals surface area contributed by atoms with Crippen LogP contribution in [0, 0.1) is 0 Å². The molecule has 0 saturated carbocycles. The molecule has 0 aromatic carbocycles. The van der Waals surface area contributed by atoms with Crippen molar-refractivity contribution in [3.8, 4) is 0 Å². The summed E-state index contributed by atoms with van der Waals surface area (Å²) in [6.07, 6.45) is 8.51. The molecule has 0 rings (SSSR count). The van der Waals surface area contributed by atoms with Gasteiger partial charge in [0.05, 0.1) is 0 Å². The molecule has 0 saturated heterocycles. The Morgan fingerprint density at radius 3 is 2.70 bits per heavy atom. The average Bonchev–Trinajstić information content (AvgIpc) is 1.99. The molecular weight excluding hydrogens is 124 g/mol. The third kappa shape index (κ3) is 3.89. The predicted octanol–water partition coefficient (Wildman–Crippen LogP) is 1.84. The van der Waals surface area contributed by atoms with E-state index < -0.39 is 0 Å². The molecule has 0 spiro atoms. The van der Waals surface area contributed by atoms with Crippen molar-refractivity contribution in [1.29, 1.82) is 0 Å². The molecule has 0 radical (unpaired) electrons. The van der Waals surface area contributed by atoms with E-state index in [0.29, 0.717) is 0 Å². The van der Waals surface area contributed by atoms with E-state index in [2.05, 4.69) is 18.1 Å². The highest BCUT2D eigenvalue weighted by Crippen LogP contribution is 2.00. The number of nitrogens with two attached hydrogens (primary N) is 1. The fourth-order valence-electron chi connectivity index (χ4n) is 0.635. The molecule has 0 aromatic heterocycles. The van der Waals surface area contributed by atoms with Gasteiger partial charge in [0.1, 0.15) is 0 Å². The van der Waals surface area contributed by atoms with Gasteiger partial charge in [-0.3, -0.25) is 0 Å². The first-order valence-electron chi connectivity index (χ1n) is 3.40. The second kappa shape index (κ2) is 6.08. The van der Waals surface area contributed by atoms with E-state index in [1.807, 2.05) is 19.1 Å². The van der Waals surface area contributed by atoms with E-state index >= 15 is 0 Å². The van der Waals surface area contributed by atoms with E-state index in [1.165, 1.54) is 5.57 Å². The van der Waals surface area contributed by atoms with Crippen LogP contribution in [0.15, 0.2) is 28.9 Å². The Kier molecular flexibility index (Phi) is 5.44. The minimum Gasteiger partial charge on any atom is -0.323 e. The third-order valence-electron chi connectivity index (χ3n) is 1.26. The number of hydrogen-bond acceptors (Lipinski definition) is 2. The summed E-state index contributed by atoms with van der Waals surface area (Å²) in [7, 11) is 0. The van der Waals surface area contributed by atoms with Crippen molar-refractivity contribution in [3.63, 3.8) is 0 Å². The van der Waals surface area contributed by atoms with Crippen molar-refractivity contribution in [2.45, 2.75) is 20.3 Å². The van der Waals surface area contributed by atoms with Crippen LogP contribution in [0.5, 0.6) is 0 Å². The van der Waals surface area contributed by atoms with Crippen LogP contribution in [0.1, 0.15) is 20.3 Å². The van der Waals surface area contributed by atoms with Crippen LogP contribution in [0.3, 0.4) is 0 Å². The van der Waals surface area contributed by atoms with Gasteiger partial charge in [-0.05, 0) is 19.4 Å². The minimum absolute atomic E-state index is 1.05. The molecule has 0 aliphatic rings. The van der Waals surface area contributed by atoms with Gasteiger partial charge in [0, 0.05) is 6.21 Å². The fourth-order valence-corrected chi connectivity index (χ4v) is 0.635. The number of allylic oxidation sites excluding steroid dienone is 4. The maximum atomic E-state index is 4.90. The zero-order valence-corrected chi connectivity index (χ0v) is 6.54. The van der Waals surface area contributed by atoms with Crippen molar-refractivity contribution in [3.05, 3.63) is 23.8 Å². The van der Waals surface area contributed by atoms with Gasteiger partial charge in [0.25, 0.3) is 0 Å². The maximum Gasteiger partial charge on any atom is 0.0465 e. The van der Waals surface area contributed by atoms with Crippen molar-refractivity contribution < 1.29 is 0 Å². The lowest BCUT2D eigenvalue weighted by molar-refractivity contribution is 1.14. The summed E-state index contributed by atoms with van der Waals surface area (Å²) >= 11 is 0. The summed E-state index contributed by atoms with van der Waals surface area (Å²) in [6, 6.07) is 0. The van der Waals surface area contributed by atoms with Gasteiger partial charge in [0.2, 0.25) is 0 Å². The highest BCUT2D eigenvalue weighted by molar-refractivity contribution is 5.71. The van der Waals surface area contributed by atoms with E-state index in [4.69, 9.17) is 5.84 Å². The molecule has 2 heteroatoms. The minimum atomic E-state index is 1.05. The second-order valence-electron chi connectivity index (χ2n) is 1.87. The molecule has 0 unspecified atom stereocenters. The van der Waals surface area contributed by atoms with E-state index in [0.717, 1.165) is 6.42 Å². The predicted molar refractivity (Wildman–Crippen MR) is 45.9 cm³/mol. The van der Waals surface area contributed by atoms with Crippen molar-refractivity contribution >= 4 is 6.21 Å². The Labute approximate surface area is 62.1 Å². The molecule has 0 fully saturated rings. The van der Waals surface area contributed by atoms with E-state index in [1.54, 1.807) is 6.21 Å². The van der Waals surface area contributed by atoms with Gasteiger partial charge in [-0.25, -0.2) is 0 Å². The molecule has 0 aliphatic carbocycles. The van der Waals surface area contributed by atoms with Crippen LogP contribution < -0.4 is 5.84 Å². The normalized spacial score (nSPS) is 13.6. The van der Waals surface area contributed by atoms with Crippen LogP contribution in [0.4, 0.5) is 0 Å². The summed E-state index contributed by atoms with van der Waals surface area (Å²) in [5.41, 5.74) is 1.29. The molecule has 56 valence electrons. The molecule has 0 amide bonds. The molecule has 2 N–H and O–H groups in total. The van der Waals surface area contributed by atoms with Crippen molar-refractivity contribution in [2.24, 2.45) is 10.9 Å². The van der Waals surface area contributed by atoms with Crippen LogP contribution >= 0.6 is 0 Å². The first-order chi connectivity index (χ1) is 4.85. The van der Waals surface area contributed by atoms with Gasteiger partial charge in [-0.2, -0.15) is 5.10 Å². The van der Waals surface area contributed by atoms with E-state index in [-0.39, 0.29) is 0 Å². The molecule has 0 aromatic rings. The summed E-state index contributed by atoms with van der Waals surface area (Å²) in [5, 5.41) is 3.34. The van der Waals surface area contributed by atoms with Gasteiger partial charge in [0.15, 0.2) is 0 Å². The molecule has 0 atom stereocenters. The van der Waals surface area contributed by atoms with Crippen LogP contribution in [0.2, 0.25) is 0 Å². The highest BCUT2D eigenvalue weighted by atomic mass is 15.1. The summed E-state index contributed by atoms with van der Waals surface area (Å²) in [4.78, 5) is 0. The zero-order valence-electron chi connectivity index (χ0n) is 6.54. The quantitative estimate of drug-likeness (QED) is 0.275. The lowest BCUT2D eigenvalue weighted by Crippen LogP contribution is -1.79.